The Hall–Kier alpha value is -3.68. The molecule has 0 bridgehead atoms. The fourth-order valence-electron chi connectivity index (χ4n) is 3.83. The number of halogens is 1. The van der Waals surface area contributed by atoms with E-state index in [-0.39, 0.29) is 17.3 Å². The van der Waals surface area contributed by atoms with Crippen LogP contribution in [0.15, 0.2) is 66.2 Å². The van der Waals surface area contributed by atoms with E-state index in [0.29, 0.717) is 22.0 Å². The van der Waals surface area contributed by atoms with Crippen molar-refractivity contribution in [1.29, 1.82) is 0 Å². The maximum atomic E-state index is 13.3. The summed E-state index contributed by atoms with van der Waals surface area (Å²) in [6.45, 7) is 4.24. The summed E-state index contributed by atoms with van der Waals surface area (Å²) in [5, 5.41) is 3.12. The van der Waals surface area contributed by atoms with E-state index in [9.17, 15) is 9.59 Å². The minimum Gasteiger partial charge on any atom is -0.496 e. The number of nitrogens with one attached hydrogen (secondary N) is 1. The van der Waals surface area contributed by atoms with E-state index in [1.165, 1.54) is 11.0 Å². The van der Waals surface area contributed by atoms with Gasteiger partial charge in [0.2, 0.25) is 0 Å². The van der Waals surface area contributed by atoms with Crippen molar-refractivity contribution in [2.24, 2.45) is 0 Å². The Kier molecular flexibility index (Phi) is 7.19. The molecule has 1 fully saturated rings. The zero-order valence-corrected chi connectivity index (χ0v) is 21.0. The van der Waals surface area contributed by atoms with Crippen LogP contribution in [0, 0.1) is 13.8 Å². The van der Waals surface area contributed by atoms with E-state index < -0.39 is 11.8 Å². The van der Waals surface area contributed by atoms with Crippen molar-refractivity contribution >= 4 is 52.5 Å². The molecular weight excluding hydrogens is 484 g/mol. The van der Waals surface area contributed by atoms with Gasteiger partial charge in [-0.25, -0.2) is 0 Å². The molecule has 0 spiro atoms. The van der Waals surface area contributed by atoms with Crippen molar-refractivity contribution in [3.63, 3.8) is 0 Å². The zero-order chi connectivity index (χ0) is 25.1. The van der Waals surface area contributed by atoms with Crippen molar-refractivity contribution < 1.29 is 19.1 Å². The normalized spacial score (nSPS) is 14.8. The van der Waals surface area contributed by atoms with Gasteiger partial charge >= 0.3 is 0 Å². The van der Waals surface area contributed by atoms with Crippen LogP contribution in [-0.2, 0) is 16.2 Å². The van der Waals surface area contributed by atoms with E-state index in [2.05, 4.69) is 5.32 Å². The SMILES string of the molecule is COc1ccc(C=C2C(=O)NC(=S)N(c3ccc(Cl)cc3)C2=O)cc1COc1c(C)cccc1C. The predicted molar refractivity (Wildman–Crippen MR) is 141 cm³/mol. The molecule has 0 unspecified atom stereocenters. The molecule has 1 saturated heterocycles. The second-order valence-corrected chi connectivity index (χ2v) is 8.84. The summed E-state index contributed by atoms with van der Waals surface area (Å²) in [6, 6.07) is 18.0. The standard InChI is InChI=1S/C27H23ClN2O4S/c1-16-5-4-6-17(2)24(16)34-15-19-13-18(7-12-23(19)33-3)14-22-25(31)29-27(35)30(26(22)32)21-10-8-20(28)9-11-21/h4-14H,15H2,1-3H3,(H,29,31,35). The lowest BCUT2D eigenvalue weighted by molar-refractivity contribution is -0.122. The average molecular weight is 507 g/mol. The van der Waals surface area contributed by atoms with Gasteiger partial charge in [-0.1, -0.05) is 35.9 Å². The van der Waals surface area contributed by atoms with Crippen molar-refractivity contribution in [1.82, 2.24) is 5.32 Å². The molecule has 1 aliphatic heterocycles. The average Bonchev–Trinajstić information content (AvgIpc) is 2.82. The molecule has 0 aliphatic carbocycles. The largest absolute Gasteiger partial charge is 0.496 e. The van der Waals surface area contributed by atoms with Crippen LogP contribution in [0.1, 0.15) is 22.3 Å². The maximum absolute atomic E-state index is 13.3. The Morgan fingerprint density at radius 3 is 2.37 bits per heavy atom. The molecule has 3 aromatic rings. The van der Waals surface area contributed by atoms with Gasteiger partial charge in [0.05, 0.1) is 12.8 Å². The number of carbonyl (C=O) groups excluding carboxylic acids is 2. The van der Waals surface area contributed by atoms with E-state index in [4.69, 9.17) is 33.3 Å². The summed E-state index contributed by atoms with van der Waals surface area (Å²) in [5.74, 6) is 0.369. The quantitative estimate of drug-likeness (QED) is 0.276. The molecule has 1 aliphatic rings. The molecule has 4 rings (SSSR count). The number of benzene rings is 3. The van der Waals surface area contributed by atoms with Gasteiger partial charge in [-0.2, -0.15) is 0 Å². The molecule has 1 N–H and O–H groups in total. The Bertz CT molecular complexity index is 1330. The fourth-order valence-corrected chi connectivity index (χ4v) is 4.23. The first-order chi connectivity index (χ1) is 16.8. The highest BCUT2D eigenvalue weighted by atomic mass is 35.5. The van der Waals surface area contributed by atoms with Gasteiger partial charge in [0.1, 0.15) is 23.7 Å². The van der Waals surface area contributed by atoms with Crippen LogP contribution in [0.25, 0.3) is 6.08 Å². The number of methoxy groups -OCH3 is 1. The molecule has 3 aromatic carbocycles. The number of thiocarbonyl (C=S) groups is 1. The number of hydrogen-bond acceptors (Lipinski definition) is 5. The number of anilines is 1. The van der Waals surface area contributed by atoms with Gasteiger partial charge in [0, 0.05) is 10.6 Å². The monoisotopic (exact) mass is 506 g/mol. The number of rotatable bonds is 6. The second-order valence-electron chi connectivity index (χ2n) is 8.02. The number of amides is 2. The molecule has 1 heterocycles. The van der Waals surface area contributed by atoms with Gasteiger partial charge in [-0.05, 0) is 85.2 Å². The van der Waals surface area contributed by atoms with E-state index in [1.54, 1.807) is 43.5 Å². The smallest absolute Gasteiger partial charge is 0.270 e. The van der Waals surface area contributed by atoms with Gasteiger partial charge < -0.3 is 9.47 Å². The summed E-state index contributed by atoms with van der Waals surface area (Å²) in [5.41, 5.74) is 3.95. The number of nitrogens with zero attached hydrogens (tertiary/aromatic N) is 1. The third-order valence-electron chi connectivity index (χ3n) is 5.58. The molecule has 6 nitrogen and oxygen atoms in total. The van der Waals surface area contributed by atoms with Crippen LogP contribution in [0.4, 0.5) is 5.69 Å². The summed E-state index contributed by atoms with van der Waals surface area (Å²) in [7, 11) is 1.58. The number of para-hydroxylation sites is 1. The van der Waals surface area contributed by atoms with Crippen molar-refractivity contribution in [3.8, 4) is 11.5 Å². The highest BCUT2D eigenvalue weighted by molar-refractivity contribution is 7.80. The first-order valence-electron chi connectivity index (χ1n) is 10.8. The molecular formula is C27H23ClN2O4S. The maximum Gasteiger partial charge on any atom is 0.270 e. The summed E-state index contributed by atoms with van der Waals surface area (Å²) >= 11 is 11.2. The first-order valence-corrected chi connectivity index (χ1v) is 11.6. The highest BCUT2D eigenvalue weighted by Crippen LogP contribution is 2.28. The minimum atomic E-state index is -0.561. The summed E-state index contributed by atoms with van der Waals surface area (Å²) in [4.78, 5) is 27.2. The van der Waals surface area contributed by atoms with Crippen LogP contribution >= 0.6 is 23.8 Å². The van der Waals surface area contributed by atoms with Gasteiger partial charge in [0.25, 0.3) is 11.8 Å². The van der Waals surface area contributed by atoms with E-state index in [0.717, 1.165) is 22.4 Å². The lowest BCUT2D eigenvalue weighted by atomic mass is 10.0. The second kappa shape index (κ2) is 10.3. The predicted octanol–water partition coefficient (Wildman–Crippen LogP) is 5.38. The van der Waals surface area contributed by atoms with Crippen molar-refractivity contribution in [2.45, 2.75) is 20.5 Å². The van der Waals surface area contributed by atoms with Crippen LogP contribution < -0.4 is 19.7 Å². The molecule has 0 aromatic heterocycles. The van der Waals surface area contributed by atoms with E-state index in [1.807, 2.05) is 38.1 Å². The Morgan fingerprint density at radius 2 is 1.71 bits per heavy atom. The third kappa shape index (κ3) is 5.21. The molecule has 178 valence electrons. The number of carbonyl (C=O) groups is 2. The zero-order valence-electron chi connectivity index (χ0n) is 19.4. The Morgan fingerprint density at radius 1 is 1.03 bits per heavy atom. The Labute approximate surface area is 214 Å². The minimum absolute atomic E-state index is 0.0110. The molecule has 0 radical (unpaired) electrons. The first kappa shape index (κ1) is 24.4. The molecule has 2 amide bonds. The molecule has 0 atom stereocenters. The van der Waals surface area contributed by atoms with Crippen LogP contribution in [0.2, 0.25) is 5.02 Å². The van der Waals surface area contributed by atoms with Crippen LogP contribution in [0.3, 0.4) is 0 Å². The fraction of sp³-hybridized carbons (Fsp3) is 0.148. The van der Waals surface area contributed by atoms with Gasteiger partial charge in [-0.3, -0.25) is 19.8 Å². The lowest BCUT2D eigenvalue weighted by Crippen LogP contribution is -2.54. The number of hydrogen-bond donors (Lipinski definition) is 1. The third-order valence-corrected chi connectivity index (χ3v) is 6.12. The Balaban J connectivity index is 1.65. The molecule has 8 heteroatoms. The summed E-state index contributed by atoms with van der Waals surface area (Å²) < 4.78 is 11.6. The number of aryl methyl sites for hydroxylation is 2. The van der Waals surface area contributed by atoms with Crippen molar-refractivity contribution in [3.05, 3.63) is 93.5 Å². The topological polar surface area (TPSA) is 67.9 Å². The van der Waals surface area contributed by atoms with Crippen LogP contribution in [0.5, 0.6) is 11.5 Å². The van der Waals surface area contributed by atoms with Gasteiger partial charge in [0.15, 0.2) is 5.11 Å². The molecule has 0 saturated carbocycles. The highest BCUT2D eigenvalue weighted by Gasteiger charge is 2.34. The van der Waals surface area contributed by atoms with E-state index >= 15 is 0 Å². The van der Waals surface area contributed by atoms with Crippen molar-refractivity contribution in [2.75, 3.05) is 12.0 Å². The summed E-state index contributed by atoms with van der Waals surface area (Å²) in [6.07, 6.45) is 1.53. The number of ether oxygens (including phenoxy) is 2. The molecule has 35 heavy (non-hydrogen) atoms. The van der Waals surface area contributed by atoms with Crippen LogP contribution in [-0.4, -0.2) is 24.0 Å². The lowest BCUT2D eigenvalue weighted by Gasteiger charge is -2.29. The van der Waals surface area contributed by atoms with Gasteiger partial charge in [-0.15, -0.1) is 0 Å².